The Balaban J connectivity index is 1.16. The van der Waals surface area contributed by atoms with Crippen LogP contribution in [0.2, 0.25) is 0 Å². The Kier molecular flexibility index (Phi) is 8.01. The highest BCUT2D eigenvalue weighted by Gasteiger charge is 2.11. The van der Waals surface area contributed by atoms with E-state index in [9.17, 15) is 0 Å². The zero-order valence-electron chi connectivity index (χ0n) is 26.5. The summed E-state index contributed by atoms with van der Waals surface area (Å²) in [6.45, 7) is 0. The molecule has 0 amide bonds. The monoisotopic (exact) mass is 611 g/mol. The predicted octanol–water partition coefficient (Wildman–Crippen LogP) is 12.8. The fraction of sp³-hybridized carbons (Fsp3) is 0. The second kappa shape index (κ2) is 13.2. The molecule has 0 N–H and O–H groups in total. The van der Waals surface area contributed by atoms with Crippen LogP contribution in [-0.4, -0.2) is 4.98 Å². The molecular weight excluding hydrogens is 579 g/mol. The van der Waals surface area contributed by atoms with Crippen LogP contribution < -0.4 is 0 Å². The van der Waals surface area contributed by atoms with Crippen molar-refractivity contribution < 1.29 is 0 Å². The Morgan fingerprint density at radius 2 is 0.458 bits per heavy atom. The molecule has 0 saturated heterocycles. The first-order chi connectivity index (χ1) is 23.8. The normalized spacial score (nSPS) is 10.9. The van der Waals surface area contributed by atoms with Gasteiger partial charge in [-0.25, -0.2) is 4.98 Å². The lowest BCUT2D eigenvalue weighted by Crippen LogP contribution is -1.92. The minimum absolute atomic E-state index is 0.953. The lowest BCUT2D eigenvalue weighted by molar-refractivity contribution is 1.32. The first-order valence-corrected chi connectivity index (χ1v) is 16.4. The number of aromatic nitrogens is 1. The molecule has 1 nitrogen and oxygen atoms in total. The Hall–Kier alpha value is -6.31. The van der Waals surface area contributed by atoms with Crippen LogP contribution in [0, 0.1) is 0 Å². The van der Waals surface area contributed by atoms with E-state index in [1.807, 2.05) is 0 Å². The van der Waals surface area contributed by atoms with Gasteiger partial charge in [-0.15, -0.1) is 0 Å². The molecular formula is C47H33N. The highest BCUT2D eigenvalue weighted by Crippen LogP contribution is 2.34. The third-order valence-electron chi connectivity index (χ3n) is 8.92. The van der Waals surface area contributed by atoms with Gasteiger partial charge in [-0.2, -0.15) is 0 Å². The summed E-state index contributed by atoms with van der Waals surface area (Å²) in [6.07, 6.45) is 0. The van der Waals surface area contributed by atoms with E-state index in [2.05, 4.69) is 200 Å². The van der Waals surface area contributed by atoms with Crippen molar-refractivity contribution in [2.45, 2.75) is 0 Å². The molecule has 8 rings (SSSR count). The summed E-state index contributed by atoms with van der Waals surface area (Å²) < 4.78 is 0. The molecule has 1 aromatic heterocycles. The molecule has 0 saturated carbocycles. The summed E-state index contributed by atoms with van der Waals surface area (Å²) in [5.74, 6) is 0. The van der Waals surface area contributed by atoms with Crippen LogP contribution in [0.5, 0.6) is 0 Å². The van der Waals surface area contributed by atoms with Crippen molar-refractivity contribution in [2.75, 3.05) is 0 Å². The number of nitrogens with zero attached hydrogens (tertiary/aromatic N) is 1. The molecule has 1 heteroatoms. The van der Waals surface area contributed by atoms with Crippen LogP contribution in [-0.2, 0) is 0 Å². The Morgan fingerprint density at radius 3 is 0.854 bits per heavy atom. The smallest absolute Gasteiger partial charge is 0.0715 e. The summed E-state index contributed by atoms with van der Waals surface area (Å²) in [4.78, 5) is 5.21. The van der Waals surface area contributed by atoms with E-state index in [1.165, 1.54) is 44.5 Å². The van der Waals surface area contributed by atoms with Crippen LogP contribution in [0.1, 0.15) is 0 Å². The van der Waals surface area contributed by atoms with Gasteiger partial charge in [0.1, 0.15) is 0 Å². The molecule has 0 fully saturated rings. The zero-order chi connectivity index (χ0) is 32.1. The van der Waals surface area contributed by atoms with E-state index < -0.39 is 0 Å². The van der Waals surface area contributed by atoms with Crippen molar-refractivity contribution >= 4 is 0 Å². The van der Waals surface area contributed by atoms with Gasteiger partial charge in [-0.3, -0.25) is 0 Å². The summed E-state index contributed by atoms with van der Waals surface area (Å²) in [5, 5.41) is 0. The molecule has 0 aliphatic rings. The third-order valence-corrected chi connectivity index (χ3v) is 8.92. The Morgan fingerprint density at radius 1 is 0.188 bits per heavy atom. The quantitative estimate of drug-likeness (QED) is 0.175. The zero-order valence-corrected chi connectivity index (χ0v) is 26.5. The molecule has 0 atom stereocenters. The second-order valence-corrected chi connectivity index (χ2v) is 12.0. The molecule has 0 radical (unpaired) electrons. The van der Waals surface area contributed by atoms with E-state index in [0.717, 1.165) is 33.6 Å². The van der Waals surface area contributed by atoms with Gasteiger partial charge in [0.15, 0.2) is 0 Å². The van der Waals surface area contributed by atoms with Crippen LogP contribution in [0.3, 0.4) is 0 Å². The lowest BCUT2D eigenvalue weighted by atomic mass is 9.95. The van der Waals surface area contributed by atoms with Gasteiger partial charge in [0.05, 0.1) is 11.4 Å². The molecule has 0 aliphatic carbocycles. The average molecular weight is 612 g/mol. The molecule has 1 heterocycles. The maximum absolute atomic E-state index is 5.21. The molecule has 48 heavy (non-hydrogen) atoms. The van der Waals surface area contributed by atoms with Crippen LogP contribution in [0.25, 0.3) is 78.1 Å². The van der Waals surface area contributed by atoms with Crippen molar-refractivity contribution in [2.24, 2.45) is 0 Å². The molecule has 0 bridgehead atoms. The number of pyridine rings is 1. The van der Waals surface area contributed by atoms with Crippen molar-refractivity contribution in [1.82, 2.24) is 4.98 Å². The van der Waals surface area contributed by atoms with E-state index in [0.29, 0.717) is 0 Å². The molecule has 226 valence electrons. The first-order valence-electron chi connectivity index (χ1n) is 16.4. The van der Waals surface area contributed by atoms with Gasteiger partial charge in [0, 0.05) is 11.1 Å². The summed E-state index contributed by atoms with van der Waals surface area (Å²) in [6, 6.07) is 71.1. The average Bonchev–Trinajstić information content (AvgIpc) is 3.19. The minimum atomic E-state index is 0.953. The Labute approximate surface area is 282 Å². The molecule has 7 aromatic carbocycles. The third kappa shape index (κ3) is 6.23. The van der Waals surface area contributed by atoms with Gasteiger partial charge in [0.25, 0.3) is 0 Å². The number of benzene rings is 7. The van der Waals surface area contributed by atoms with E-state index in [-0.39, 0.29) is 0 Å². The topological polar surface area (TPSA) is 12.9 Å². The van der Waals surface area contributed by atoms with Crippen LogP contribution >= 0.6 is 0 Å². The first kappa shape index (κ1) is 29.1. The van der Waals surface area contributed by atoms with Crippen molar-refractivity contribution in [3.05, 3.63) is 200 Å². The number of hydrogen-bond donors (Lipinski definition) is 0. The van der Waals surface area contributed by atoms with Gasteiger partial charge in [0.2, 0.25) is 0 Å². The van der Waals surface area contributed by atoms with Crippen LogP contribution in [0.4, 0.5) is 0 Å². The van der Waals surface area contributed by atoms with Gasteiger partial charge in [-0.05, 0) is 73.8 Å². The van der Waals surface area contributed by atoms with Crippen molar-refractivity contribution in [3.63, 3.8) is 0 Å². The summed E-state index contributed by atoms with van der Waals surface area (Å²) in [7, 11) is 0. The van der Waals surface area contributed by atoms with Crippen LogP contribution in [0.15, 0.2) is 200 Å². The van der Waals surface area contributed by atoms with Gasteiger partial charge in [-0.1, -0.05) is 182 Å². The number of rotatable bonds is 7. The Bertz CT molecular complexity index is 2170. The van der Waals surface area contributed by atoms with Gasteiger partial charge < -0.3 is 0 Å². The second-order valence-electron chi connectivity index (χ2n) is 12.0. The standard InChI is InChI=1S/C47H33N/c1-4-11-34(12-5-1)37-23-27-41(28-24-37)46-32-45(33-47(48-46)42-29-25-38(26-30-42)35-13-6-2-7-14-35)40-21-19-39(20-22-40)44-18-10-17-43(31-44)36-15-8-3-9-16-36/h1-33H. The fourth-order valence-corrected chi connectivity index (χ4v) is 6.29. The summed E-state index contributed by atoms with van der Waals surface area (Å²) in [5.41, 5.74) is 16.0. The van der Waals surface area contributed by atoms with Gasteiger partial charge >= 0.3 is 0 Å². The van der Waals surface area contributed by atoms with E-state index in [4.69, 9.17) is 4.98 Å². The minimum Gasteiger partial charge on any atom is -0.248 e. The van der Waals surface area contributed by atoms with E-state index >= 15 is 0 Å². The molecule has 8 aromatic rings. The number of hydrogen-bond acceptors (Lipinski definition) is 1. The van der Waals surface area contributed by atoms with E-state index in [1.54, 1.807) is 0 Å². The fourth-order valence-electron chi connectivity index (χ4n) is 6.29. The maximum Gasteiger partial charge on any atom is 0.0715 e. The highest BCUT2D eigenvalue weighted by molar-refractivity contribution is 5.80. The summed E-state index contributed by atoms with van der Waals surface area (Å²) >= 11 is 0. The van der Waals surface area contributed by atoms with Crippen molar-refractivity contribution in [3.8, 4) is 78.1 Å². The molecule has 0 unspecified atom stereocenters. The maximum atomic E-state index is 5.21. The predicted molar refractivity (Wildman–Crippen MR) is 202 cm³/mol. The molecule has 0 aliphatic heterocycles. The molecule has 0 spiro atoms. The highest BCUT2D eigenvalue weighted by atomic mass is 14.7. The lowest BCUT2D eigenvalue weighted by Gasteiger charge is -2.12. The largest absolute Gasteiger partial charge is 0.248 e. The SMILES string of the molecule is c1ccc(-c2ccc(-c3cc(-c4ccc(-c5cccc(-c6ccccc6)c5)cc4)cc(-c4ccc(-c5ccccc5)cc4)n3)cc2)cc1. The van der Waals surface area contributed by atoms with Crippen molar-refractivity contribution in [1.29, 1.82) is 0 Å².